The summed E-state index contributed by atoms with van der Waals surface area (Å²) >= 11 is 0. The third kappa shape index (κ3) is 3.73. The zero-order chi connectivity index (χ0) is 19.5. The molecule has 144 valence electrons. The quantitative estimate of drug-likeness (QED) is 0.735. The normalized spacial score (nSPS) is 17.6. The van der Waals surface area contributed by atoms with Crippen LogP contribution in [-0.2, 0) is 16.1 Å². The molecule has 1 fully saturated rings. The van der Waals surface area contributed by atoms with Crippen LogP contribution < -0.4 is 20.1 Å². The molecule has 4 rings (SSSR count). The van der Waals surface area contributed by atoms with Crippen molar-refractivity contribution < 1.29 is 23.9 Å². The summed E-state index contributed by atoms with van der Waals surface area (Å²) in [5, 5.41) is 5.36. The number of benzene rings is 1. The summed E-state index contributed by atoms with van der Waals surface area (Å²) in [7, 11) is 0. The van der Waals surface area contributed by atoms with Gasteiger partial charge in [-0.25, -0.2) is 4.79 Å². The molecule has 0 saturated carbocycles. The first-order valence-corrected chi connectivity index (χ1v) is 8.80. The number of imide groups is 1. The van der Waals surface area contributed by atoms with Crippen molar-refractivity contribution >= 4 is 23.5 Å². The topological polar surface area (TPSA) is 110 Å². The number of urea groups is 1. The molecule has 9 heteroatoms. The van der Waals surface area contributed by atoms with Gasteiger partial charge in [0.25, 0.3) is 5.91 Å². The van der Waals surface area contributed by atoms with Crippen molar-refractivity contribution in [3.8, 4) is 11.5 Å². The minimum absolute atomic E-state index is 0.108. The molecule has 0 spiro atoms. The molecule has 1 aromatic heterocycles. The van der Waals surface area contributed by atoms with Crippen LogP contribution in [0.1, 0.15) is 18.4 Å². The third-order valence-corrected chi connectivity index (χ3v) is 4.51. The Balaban J connectivity index is 1.33. The number of ether oxygens (including phenoxy) is 2. The standard InChI is InChI=1S/C19H18N4O5/c24-17(21-13-5-7-20-8-6-13)4-2-14-18(25)23(19(26)22-14)10-12-1-3-15-16(9-12)28-11-27-15/h1,3,5-9,14H,2,4,10-11H2,(H,22,26)(H,20,21,24). The number of carbonyl (C=O) groups excluding carboxylic acids is 3. The molecule has 1 aromatic carbocycles. The number of hydrogen-bond donors (Lipinski definition) is 2. The van der Waals surface area contributed by atoms with Gasteiger partial charge in [-0.2, -0.15) is 0 Å². The average molecular weight is 382 g/mol. The first kappa shape index (κ1) is 17.8. The van der Waals surface area contributed by atoms with Gasteiger partial charge in [0.15, 0.2) is 11.5 Å². The van der Waals surface area contributed by atoms with E-state index in [-0.39, 0.29) is 38.0 Å². The lowest BCUT2D eigenvalue weighted by Gasteiger charge is -2.13. The summed E-state index contributed by atoms with van der Waals surface area (Å²) in [6.07, 6.45) is 3.48. The minimum atomic E-state index is -0.718. The second kappa shape index (κ2) is 7.55. The van der Waals surface area contributed by atoms with E-state index in [0.717, 1.165) is 10.5 Å². The monoisotopic (exact) mass is 382 g/mol. The van der Waals surface area contributed by atoms with E-state index in [9.17, 15) is 14.4 Å². The molecular formula is C19H18N4O5. The van der Waals surface area contributed by atoms with Gasteiger partial charge in [0, 0.05) is 24.5 Å². The smallest absolute Gasteiger partial charge is 0.325 e. The van der Waals surface area contributed by atoms with E-state index in [1.54, 1.807) is 42.7 Å². The lowest BCUT2D eigenvalue weighted by Crippen LogP contribution is -2.31. The molecule has 28 heavy (non-hydrogen) atoms. The van der Waals surface area contributed by atoms with Crippen LogP contribution in [0.4, 0.5) is 10.5 Å². The fourth-order valence-corrected chi connectivity index (χ4v) is 3.08. The zero-order valence-electron chi connectivity index (χ0n) is 14.9. The van der Waals surface area contributed by atoms with Gasteiger partial charge < -0.3 is 20.1 Å². The molecular weight excluding hydrogens is 364 g/mol. The van der Waals surface area contributed by atoms with Crippen LogP contribution in [0.15, 0.2) is 42.7 Å². The van der Waals surface area contributed by atoms with Crippen LogP contribution in [0.5, 0.6) is 11.5 Å². The summed E-state index contributed by atoms with van der Waals surface area (Å²) in [5.41, 5.74) is 1.38. The lowest BCUT2D eigenvalue weighted by atomic mass is 10.1. The van der Waals surface area contributed by atoms with Crippen molar-refractivity contribution in [1.82, 2.24) is 15.2 Å². The Bertz CT molecular complexity index is 918. The Hall–Kier alpha value is -3.62. The molecule has 2 N–H and O–H groups in total. The number of pyridine rings is 1. The molecule has 1 unspecified atom stereocenters. The van der Waals surface area contributed by atoms with E-state index in [0.29, 0.717) is 17.2 Å². The third-order valence-electron chi connectivity index (χ3n) is 4.51. The van der Waals surface area contributed by atoms with Crippen LogP contribution in [0.3, 0.4) is 0 Å². The second-order valence-electron chi connectivity index (χ2n) is 6.44. The van der Waals surface area contributed by atoms with Gasteiger partial charge in [0.1, 0.15) is 6.04 Å². The van der Waals surface area contributed by atoms with Gasteiger partial charge in [0.05, 0.1) is 6.54 Å². The number of rotatable bonds is 6. The number of anilines is 1. The molecule has 2 aromatic rings. The van der Waals surface area contributed by atoms with Gasteiger partial charge >= 0.3 is 6.03 Å². The number of nitrogens with one attached hydrogen (secondary N) is 2. The van der Waals surface area contributed by atoms with Crippen LogP contribution >= 0.6 is 0 Å². The minimum Gasteiger partial charge on any atom is -0.454 e. The van der Waals surface area contributed by atoms with Crippen LogP contribution in [0.2, 0.25) is 0 Å². The Morgan fingerprint density at radius 1 is 1.18 bits per heavy atom. The molecule has 3 heterocycles. The van der Waals surface area contributed by atoms with Crippen molar-refractivity contribution in [2.24, 2.45) is 0 Å². The maximum atomic E-state index is 12.6. The van der Waals surface area contributed by atoms with Crippen molar-refractivity contribution in [1.29, 1.82) is 0 Å². The van der Waals surface area contributed by atoms with Crippen molar-refractivity contribution in [3.63, 3.8) is 0 Å². The number of amides is 4. The SMILES string of the molecule is O=C(CCC1NC(=O)N(Cc2ccc3c(c2)OCO3)C1=O)Nc1ccncc1. The fourth-order valence-electron chi connectivity index (χ4n) is 3.08. The average Bonchev–Trinajstić information content (AvgIpc) is 3.26. The summed E-state index contributed by atoms with van der Waals surface area (Å²) in [5.74, 6) is 0.648. The highest BCUT2D eigenvalue weighted by molar-refractivity contribution is 6.04. The highest BCUT2D eigenvalue weighted by Gasteiger charge is 2.38. The maximum Gasteiger partial charge on any atom is 0.325 e. The Morgan fingerprint density at radius 3 is 2.79 bits per heavy atom. The van der Waals surface area contributed by atoms with Gasteiger partial charge in [-0.3, -0.25) is 19.5 Å². The second-order valence-corrected chi connectivity index (χ2v) is 6.44. The first-order chi connectivity index (χ1) is 13.6. The molecule has 1 atom stereocenters. The molecule has 1 saturated heterocycles. The zero-order valence-corrected chi connectivity index (χ0v) is 14.9. The predicted molar refractivity (Wildman–Crippen MR) is 97.5 cm³/mol. The van der Waals surface area contributed by atoms with Crippen LogP contribution in [-0.4, -0.2) is 40.6 Å². The fraction of sp³-hybridized carbons (Fsp3) is 0.263. The molecule has 2 aliphatic heterocycles. The Kier molecular flexibility index (Phi) is 4.79. The van der Waals surface area contributed by atoms with Gasteiger partial charge in [-0.1, -0.05) is 6.07 Å². The molecule has 0 aliphatic carbocycles. The maximum absolute atomic E-state index is 12.6. The molecule has 0 bridgehead atoms. The van der Waals surface area contributed by atoms with Crippen LogP contribution in [0.25, 0.3) is 0 Å². The van der Waals surface area contributed by atoms with Gasteiger partial charge in [-0.15, -0.1) is 0 Å². The van der Waals surface area contributed by atoms with E-state index >= 15 is 0 Å². The number of fused-ring (bicyclic) bond motifs is 1. The number of carbonyl (C=O) groups is 3. The van der Waals surface area contributed by atoms with E-state index in [2.05, 4.69) is 15.6 Å². The predicted octanol–water partition coefficient (Wildman–Crippen LogP) is 1.65. The van der Waals surface area contributed by atoms with Gasteiger partial charge in [0.2, 0.25) is 12.7 Å². The Labute approximate surface area is 160 Å². The number of aromatic nitrogens is 1. The Morgan fingerprint density at radius 2 is 1.96 bits per heavy atom. The summed E-state index contributed by atoms with van der Waals surface area (Å²) in [4.78, 5) is 41.8. The summed E-state index contributed by atoms with van der Waals surface area (Å²) in [6, 6.07) is 7.44. The highest BCUT2D eigenvalue weighted by atomic mass is 16.7. The highest BCUT2D eigenvalue weighted by Crippen LogP contribution is 2.33. The number of nitrogens with zero attached hydrogens (tertiary/aromatic N) is 2. The van der Waals surface area contributed by atoms with E-state index in [1.807, 2.05) is 0 Å². The van der Waals surface area contributed by atoms with Crippen molar-refractivity contribution in [3.05, 3.63) is 48.3 Å². The van der Waals surface area contributed by atoms with E-state index in [1.165, 1.54) is 0 Å². The van der Waals surface area contributed by atoms with E-state index in [4.69, 9.17) is 9.47 Å². The molecule has 0 radical (unpaired) electrons. The van der Waals surface area contributed by atoms with Crippen molar-refractivity contribution in [2.45, 2.75) is 25.4 Å². The first-order valence-electron chi connectivity index (χ1n) is 8.80. The molecule has 4 amide bonds. The lowest BCUT2D eigenvalue weighted by molar-refractivity contribution is -0.128. The summed E-state index contributed by atoms with van der Waals surface area (Å²) < 4.78 is 10.6. The summed E-state index contributed by atoms with van der Waals surface area (Å²) in [6.45, 7) is 0.284. The molecule has 9 nitrogen and oxygen atoms in total. The molecule has 2 aliphatic rings. The number of hydrogen-bond acceptors (Lipinski definition) is 6. The largest absolute Gasteiger partial charge is 0.454 e. The van der Waals surface area contributed by atoms with Crippen LogP contribution in [0, 0.1) is 0 Å². The van der Waals surface area contributed by atoms with Gasteiger partial charge in [-0.05, 0) is 36.2 Å². The van der Waals surface area contributed by atoms with Crippen molar-refractivity contribution in [2.75, 3.05) is 12.1 Å². The van der Waals surface area contributed by atoms with E-state index < -0.39 is 12.1 Å².